The highest BCUT2D eigenvalue weighted by Gasteiger charge is 2.47. The summed E-state index contributed by atoms with van der Waals surface area (Å²) in [7, 11) is 3.22. The molecule has 1 aliphatic heterocycles. The highest BCUT2D eigenvalue weighted by molar-refractivity contribution is 5.84. The molecule has 0 spiro atoms. The highest BCUT2D eigenvalue weighted by Crippen LogP contribution is 2.28. The Balaban J connectivity index is 2.70. The Bertz CT molecular complexity index is 426. The molecular weight excluding hydrogens is 278 g/mol. The number of ether oxygens (including phenoxy) is 1. The molecule has 1 saturated heterocycles. The maximum absolute atomic E-state index is 12.2. The average molecular weight is 301 g/mol. The topological polar surface area (TPSA) is 99.2 Å². The lowest BCUT2D eigenvalue weighted by Crippen LogP contribution is -2.54. The largest absolute Gasteiger partial charge is 0.481 e. The van der Waals surface area contributed by atoms with Crippen LogP contribution >= 0.6 is 0 Å². The third-order valence-corrected chi connectivity index (χ3v) is 3.74. The molecule has 1 heterocycles. The van der Waals surface area contributed by atoms with E-state index < -0.39 is 23.5 Å². The van der Waals surface area contributed by atoms with Crippen LogP contribution in [0.4, 0.5) is 4.79 Å². The van der Waals surface area contributed by atoms with Crippen LogP contribution in [-0.4, -0.2) is 79.3 Å². The van der Waals surface area contributed by atoms with Crippen molar-refractivity contribution in [2.75, 3.05) is 40.4 Å². The number of nitrogens with zero attached hydrogens (tertiary/aromatic N) is 2. The van der Waals surface area contributed by atoms with E-state index in [1.54, 1.807) is 21.0 Å². The molecule has 0 aliphatic carbocycles. The van der Waals surface area contributed by atoms with Gasteiger partial charge in [-0.2, -0.15) is 0 Å². The fourth-order valence-corrected chi connectivity index (χ4v) is 1.96. The predicted molar refractivity (Wildman–Crippen MR) is 74.8 cm³/mol. The summed E-state index contributed by atoms with van der Waals surface area (Å²) in [5, 5.41) is 11.9. The van der Waals surface area contributed by atoms with Gasteiger partial charge in [-0.05, 0) is 13.8 Å². The number of carboxylic acids is 1. The van der Waals surface area contributed by atoms with Crippen molar-refractivity contribution in [3.05, 3.63) is 0 Å². The number of carboxylic acid groups (broad SMARTS) is 1. The summed E-state index contributed by atoms with van der Waals surface area (Å²) in [6.45, 7) is 3.79. The minimum atomic E-state index is -1.15. The standard InChI is InChI=1S/C13H23N3O5/c1-5-16(6-10(17)15(3)4)12(20)14-9-7-21-8-13(9,2)11(18)19/h9H,5-8H2,1-4H3,(H,14,20)(H,18,19). The van der Waals surface area contributed by atoms with Gasteiger partial charge in [0.05, 0.1) is 19.3 Å². The number of nitrogens with one attached hydrogen (secondary N) is 1. The Morgan fingerprint density at radius 2 is 2.00 bits per heavy atom. The molecule has 2 atom stereocenters. The molecule has 2 unspecified atom stereocenters. The van der Waals surface area contributed by atoms with Crippen LogP contribution in [0.2, 0.25) is 0 Å². The first kappa shape index (κ1) is 17.2. The van der Waals surface area contributed by atoms with Gasteiger partial charge in [0.25, 0.3) is 0 Å². The molecular formula is C13H23N3O5. The van der Waals surface area contributed by atoms with Crippen molar-refractivity contribution < 1.29 is 24.2 Å². The first-order valence-corrected chi connectivity index (χ1v) is 6.79. The second-order valence-corrected chi connectivity index (χ2v) is 5.54. The molecule has 1 fully saturated rings. The molecule has 8 heteroatoms. The summed E-state index contributed by atoms with van der Waals surface area (Å²) in [5.74, 6) is -1.21. The summed E-state index contributed by atoms with van der Waals surface area (Å²) in [4.78, 5) is 37.9. The van der Waals surface area contributed by atoms with Crippen LogP contribution in [0.25, 0.3) is 0 Å². The normalized spacial score (nSPS) is 24.5. The zero-order chi connectivity index (χ0) is 16.2. The monoisotopic (exact) mass is 301 g/mol. The molecule has 0 saturated carbocycles. The van der Waals surface area contributed by atoms with E-state index in [1.165, 1.54) is 16.7 Å². The molecule has 0 aromatic carbocycles. The van der Waals surface area contributed by atoms with E-state index in [9.17, 15) is 19.5 Å². The molecule has 0 radical (unpaired) electrons. The second kappa shape index (κ2) is 6.75. The van der Waals surface area contributed by atoms with Gasteiger partial charge < -0.3 is 25.0 Å². The van der Waals surface area contributed by atoms with E-state index in [1.807, 2.05) is 0 Å². The lowest BCUT2D eigenvalue weighted by atomic mass is 9.85. The van der Waals surface area contributed by atoms with Crippen molar-refractivity contribution in [2.24, 2.45) is 5.41 Å². The first-order chi connectivity index (χ1) is 9.72. The maximum atomic E-state index is 12.2. The smallest absolute Gasteiger partial charge is 0.318 e. The van der Waals surface area contributed by atoms with Gasteiger partial charge in [0, 0.05) is 20.6 Å². The fraction of sp³-hybridized carbons (Fsp3) is 0.769. The van der Waals surface area contributed by atoms with E-state index in [4.69, 9.17) is 4.74 Å². The van der Waals surface area contributed by atoms with Crippen molar-refractivity contribution in [3.8, 4) is 0 Å². The van der Waals surface area contributed by atoms with E-state index in [-0.39, 0.29) is 25.7 Å². The molecule has 2 N–H and O–H groups in total. The van der Waals surface area contributed by atoms with Crippen molar-refractivity contribution in [3.63, 3.8) is 0 Å². The molecule has 0 aromatic rings. The van der Waals surface area contributed by atoms with Gasteiger partial charge in [-0.1, -0.05) is 0 Å². The quantitative estimate of drug-likeness (QED) is 0.719. The van der Waals surface area contributed by atoms with Crippen molar-refractivity contribution >= 4 is 17.9 Å². The van der Waals surface area contributed by atoms with E-state index in [0.717, 1.165) is 0 Å². The minimum Gasteiger partial charge on any atom is -0.481 e. The van der Waals surface area contributed by atoms with Gasteiger partial charge in [0.1, 0.15) is 12.0 Å². The second-order valence-electron chi connectivity index (χ2n) is 5.54. The van der Waals surface area contributed by atoms with Gasteiger partial charge in [-0.15, -0.1) is 0 Å². The predicted octanol–water partition coefficient (Wildman–Crippen LogP) is -0.404. The lowest BCUT2D eigenvalue weighted by Gasteiger charge is -2.29. The Labute approximate surface area is 124 Å². The summed E-state index contributed by atoms with van der Waals surface area (Å²) in [5.41, 5.74) is -1.15. The van der Waals surface area contributed by atoms with Gasteiger partial charge in [-0.3, -0.25) is 9.59 Å². The Morgan fingerprint density at radius 3 is 2.48 bits per heavy atom. The van der Waals surface area contributed by atoms with Crippen LogP contribution in [0.3, 0.4) is 0 Å². The SMILES string of the molecule is CCN(CC(=O)N(C)C)C(=O)NC1COCC1(C)C(=O)O. The van der Waals surface area contributed by atoms with Crippen molar-refractivity contribution in [1.29, 1.82) is 0 Å². The third-order valence-electron chi connectivity index (χ3n) is 3.74. The number of aliphatic carboxylic acids is 1. The van der Waals surface area contributed by atoms with Crippen LogP contribution in [0.1, 0.15) is 13.8 Å². The Kier molecular flexibility index (Phi) is 5.54. The molecule has 3 amide bonds. The minimum absolute atomic E-state index is 0.0489. The number of likely N-dealkylation sites (N-methyl/N-ethyl adjacent to an activating group) is 2. The van der Waals surface area contributed by atoms with Gasteiger partial charge in [0.15, 0.2) is 0 Å². The average Bonchev–Trinajstić information content (AvgIpc) is 2.78. The summed E-state index contributed by atoms with van der Waals surface area (Å²) in [6, 6.07) is -1.08. The number of amides is 3. The summed E-state index contributed by atoms with van der Waals surface area (Å²) in [6.07, 6.45) is 0. The van der Waals surface area contributed by atoms with Crippen LogP contribution in [0, 0.1) is 5.41 Å². The van der Waals surface area contributed by atoms with Gasteiger partial charge in [-0.25, -0.2) is 4.79 Å². The number of hydrogen-bond acceptors (Lipinski definition) is 4. The summed E-state index contributed by atoms with van der Waals surface area (Å²) >= 11 is 0. The van der Waals surface area contributed by atoms with Gasteiger partial charge in [0.2, 0.25) is 5.91 Å². The van der Waals surface area contributed by atoms with E-state index in [0.29, 0.717) is 6.54 Å². The molecule has 0 bridgehead atoms. The van der Waals surface area contributed by atoms with Crippen molar-refractivity contribution in [2.45, 2.75) is 19.9 Å². The van der Waals surface area contributed by atoms with Crippen LogP contribution in [0.5, 0.6) is 0 Å². The van der Waals surface area contributed by atoms with Crippen molar-refractivity contribution in [1.82, 2.24) is 15.1 Å². The highest BCUT2D eigenvalue weighted by atomic mass is 16.5. The number of carbonyl (C=O) groups excluding carboxylic acids is 2. The number of carbonyl (C=O) groups is 3. The van der Waals surface area contributed by atoms with Crippen LogP contribution in [0.15, 0.2) is 0 Å². The molecule has 1 aliphatic rings. The van der Waals surface area contributed by atoms with Crippen LogP contribution in [-0.2, 0) is 14.3 Å². The summed E-state index contributed by atoms with van der Waals surface area (Å²) < 4.78 is 5.18. The first-order valence-electron chi connectivity index (χ1n) is 6.79. The van der Waals surface area contributed by atoms with Gasteiger partial charge >= 0.3 is 12.0 Å². The molecule has 1 rings (SSSR count). The van der Waals surface area contributed by atoms with E-state index in [2.05, 4.69) is 5.32 Å². The number of hydrogen-bond donors (Lipinski definition) is 2. The third kappa shape index (κ3) is 3.84. The molecule has 120 valence electrons. The zero-order valence-corrected chi connectivity index (χ0v) is 12.9. The zero-order valence-electron chi connectivity index (χ0n) is 12.9. The van der Waals surface area contributed by atoms with Crippen LogP contribution < -0.4 is 5.32 Å². The molecule has 0 aromatic heterocycles. The molecule has 21 heavy (non-hydrogen) atoms. The number of rotatable bonds is 5. The Hall–Kier alpha value is -1.83. The maximum Gasteiger partial charge on any atom is 0.318 e. The molecule has 8 nitrogen and oxygen atoms in total. The fourth-order valence-electron chi connectivity index (χ4n) is 1.96. The Morgan fingerprint density at radius 1 is 1.38 bits per heavy atom. The lowest BCUT2D eigenvalue weighted by molar-refractivity contribution is -0.148. The number of urea groups is 1. The van der Waals surface area contributed by atoms with E-state index >= 15 is 0 Å².